The number of rotatable bonds is 11. The topological polar surface area (TPSA) is 56.3 Å². The minimum Gasteiger partial charge on any atom is -0.489 e. The number of benzene rings is 1. The van der Waals surface area contributed by atoms with Gasteiger partial charge in [-0.3, -0.25) is 9.80 Å². The predicted molar refractivity (Wildman–Crippen MR) is 137 cm³/mol. The van der Waals surface area contributed by atoms with Gasteiger partial charge in [0.1, 0.15) is 0 Å². The van der Waals surface area contributed by atoms with Crippen LogP contribution in [0, 0.1) is 11.8 Å². The molecule has 0 aliphatic carbocycles. The van der Waals surface area contributed by atoms with E-state index in [1.165, 1.54) is 0 Å². The molecule has 1 fully saturated rings. The molecule has 2 aromatic rings. The number of pyridine rings is 1. The van der Waals surface area contributed by atoms with Crippen LogP contribution in [0.4, 0.5) is 0 Å². The largest absolute Gasteiger partial charge is 0.489 e. The average Bonchev–Trinajstić information content (AvgIpc) is 3.12. The first-order valence-electron chi connectivity index (χ1n) is 12.6. The molecule has 0 bridgehead atoms. The van der Waals surface area contributed by atoms with Gasteiger partial charge in [-0.15, -0.1) is 0 Å². The van der Waals surface area contributed by atoms with Crippen LogP contribution in [0.2, 0.25) is 5.02 Å². The fourth-order valence-corrected chi connectivity index (χ4v) is 5.11. The van der Waals surface area contributed by atoms with Crippen molar-refractivity contribution in [2.24, 2.45) is 11.8 Å². The second kappa shape index (κ2) is 12.8. The van der Waals surface area contributed by atoms with Crippen molar-refractivity contribution in [3.8, 4) is 17.4 Å². The van der Waals surface area contributed by atoms with Crippen molar-refractivity contribution in [3.05, 3.63) is 46.6 Å². The van der Waals surface area contributed by atoms with Crippen LogP contribution in [-0.4, -0.2) is 68.1 Å². The standard InChI is InChI=1S/C27H38ClN3O4/c1-20(2)14-31(16-22-12-24(28)26-25(13-22)34-10-5-11-35-26)19-33-18-21-7-9-30(15-21)17-23-6-4-8-29-27(23)32-3/h4,6,8,12-13,20-21H,5,7,9-11,14-19H2,1-3H3. The summed E-state index contributed by atoms with van der Waals surface area (Å²) in [6.07, 6.45) is 3.78. The van der Waals surface area contributed by atoms with Crippen LogP contribution in [0.15, 0.2) is 30.5 Å². The van der Waals surface area contributed by atoms with Gasteiger partial charge in [-0.2, -0.15) is 0 Å². The molecule has 1 aromatic heterocycles. The van der Waals surface area contributed by atoms with Crippen LogP contribution in [-0.2, 0) is 17.8 Å². The molecule has 192 valence electrons. The smallest absolute Gasteiger partial charge is 0.217 e. The highest BCUT2D eigenvalue weighted by Crippen LogP contribution is 2.38. The molecule has 1 saturated heterocycles. The van der Waals surface area contributed by atoms with Crippen LogP contribution in [0.5, 0.6) is 17.4 Å². The number of fused-ring (bicyclic) bond motifs is 1. The lowest BCUT2D eigenvalue weighted by molar-refractivity contribution is 0.00283. The van der Waals surface area contributed by atoms with Gasteiger partial charge in [0.05, 0.1) is 38.7 Å². The van der Waals surface area contributed by atoms with Crippen LogP contribution >= 0.6 is 11.6 Å². The van der Waals surface area contributed by atoms with Gasteiger partial charge >= 0.3 is 0 Å². The Bertz CT molecular complexity index is 958. The number of methoxy groups -OCH3 is 1. The second-order valence-electron chi connectivity index (χ2n) is 9.92. The lowest BCUT2D eigenvalue weighted by Gasteiger charge is -2.25. The van der Waals surface area contributed by atoms with Gasteiger partial charge in [0.25, 0.3) is 0 Å². The van der Waals surface area contributed by atoms with Gasteiger partial charge < -0.3 is 18.9 Å². The summed E-state index contributed by atoms with van der Waals surface area (Å²) in [7, 11) is 1.68. The van der Waals surface area contributed by atoms with E-state index in [0.29, 0.717) is 48.4 Å². The van der Waals surface area contributed by atoms with E-state index in [2.05, 4.69) is 40.8 Å². The zero-order chi connectivity index (χ0) is 24.6. The van der Waals surface area contributed by atoms with Gasteiger partial charge in [0, 0.05) is 44.4 Å². The van der Waals surface area contributed by atoms with Gasteiger partial charge in [-0.25, -0.2) is 4.98 Å². The van der Waals surface area contributed by atoms with E-state index in [4.69, 9.17) is 30.5 Å². The van der Waals surface area contributed by atoms with Crippen molar-refractivity contribution in [2.75, 3.05) is 53.3 Å². The fraction of sp³-hybridized carbons (Fsp3) is 0.593. The molecule has 8 heteroatoms. The molecule has 2 aliphatic heterocycles. The van der Waals surface area contributed by atoms with Crippen LogP contribution in [0.25, 0.3) is 0 Å². The van der Waals surface area contributed by atoms with Crippen LogP contribution in [0.3, 0.4) is 0 Å². The first-order chi connectivity index (χ1) is 17.0. The Hall–Kier alpha value is -2.06. The van der Waals surface area contributed by atoms with Crippen molar-refractivity contribution in [1.29, 1.82) is 0 Å². The van der Waals surface area contributed by atoms with Gasteiger partial charge in [0.2, 0.25) is 5.88 Å². The summed E-state index contributed by atoms with van der Waals surface area (Å²) < 4.78 is 23.3. The SMILES string of the molecule is COc1ncccc1CN1CCC(COCN(Cc2cc(Cl)c3c(c2)OCCCO3)CC(C)C)C1. The Kier molecular flexibility index (Phi) is 9.49. The summed E-state index contributed by atoms with van der Waals surface area (Å²) in [5, 5.41) is 0.612. The Balaban J connectivity index is 1.28. The third kappa shape index (κ3) is 7.46. The minimum absolute atomic E-state index is 0.533. The summed E-state index contributed by atoms with van der Waals surface area (Å²) in [5.74, 6) is 3.18. The van der Waals surface area contributed by atoms with Gasteiger partial charge in [0.15, 0.2) is 11.5 Å². The van der Waals surface area contributed by atoms with Crippen molar-refractivity contribution < 1.29 is 18.9 Å². The molecule has 0 amide bonds. The molecule has 0 N–H and O–H groups in total. The number of ether oxygens (including phenoxy) is 4. The first kappa shape index (κ1) is 26.0. The summed E-state index contributed by atoms with van der Waals surface area (Å²) >= 11 is 6.52. The molecule has 7 nitrogen and oxygen atoms in total. The van der Waals surface area contributed by atoms with Crippen molar-refractivity contribution in [1.82, 2.24) is 14.8 Å². The van der Waals surface area contributed by atoms with Crippen molar-refractivity contribution in [2.45, 2.75) is 39.8 Å². The van der Waals surface area contributed by atoms with E-state index >= 15 is 0 Å². The predicted octanol–water partition coefficient (Wildman–Crippen LogP) is 4.86. The van der Waals surface area contributed by atoms with E-state index in [0.717, 1.165) is 69.0 Å². The van der Waals surface area contributed by atoms with Crippen molar-refractivity contribution >= 4 is 11.6 Å². The Morgan fingerprint density at radius 3 is 2.94 bits per heavy atom. The highest BCUT2D eigenvalue weighted by molar-refractivity contribution is 6.32. The van der Waals surface area contributed by atoms with Gasteiger partial charge in [-0.05, 0) is 48.6 Å². The molecule has 0 saturated carbocycles. The number of hydrogen-bond acceptors (Lipinski definition) is 7. The molecule has 3 heterocycles. The lowest BCUT2D eigenvalue weighted by Crippen LogP contribution is -2.31. The summed E-state index contributed by atoms with van der Waals surface area (Å²) in [6, 6.07) is 8.10. The molecule has 0 radical (unpaired) electrons. The first-order valence-corrected chi connectivity index (χ1v) is 13.0. The second-order valence-corrected chi connectivity index (χ2v) is 10.3. The summed E-state index contributed by atoms with van der Waals surface area (Å²) in [5.41, 5.74) is 2.24. The molecule has 4 rings (SSSR count). The van der Waals surface area contributed by atoms with E-state index in [-0.39, 0.29) is 0 Å². The zero-order valence-corrected chi connectivity index (χ0v) is 21.9. The number of nitrogens with zero attached hydrogens (tertiary/aromatic N) is 3. The molecular formula is C27H38ClN3O4. The summed E-state index contributed by atoms with van der Waals surface area (Å²) in [6.45, 7) is 11.8. The third-order valence-electron chi connectivity index (χ3n) is 6.33. The molecule has 0 spiro atoms. The lowest BCUT2D eigenvalue weighted by atomic mass is 10.1. The molecule has 1 atom stereocenters. The van der Waals surface area contributed by atoms with E-state index in [1.54, 1.807) is 13.3 Å². The van der Waals surface area contributed by atoms with E-state index in [9.17, 15) is 0 Å². The monoisotopic (exact) mass is 503 g/mol. The Morgan fingerprint density at radius 2 is 2.11 bits per heavy atom. The third-order valence-corrected chi connectivity index (χ3v) is 6.61. The van der Waals surface area contributed by atoms with Crippen LogP contribution < -0.4 is 14.2 Å². The number of likely N-dealkylation sites (tertiary alicyclic amines) is 1. The highest BCUT2D eigenvalue weighted by Gasteiger charge is 2.24. The minimum atomic E-state index is 0.533. The maximum atomic E-state index is 6.52. The number of hydrogen-bond donors (Lipinski definition) is 0. The highest BCUT2D eigenvalue weighted by atomic mass is 35.5. The fourth-order valence-electron chi connectivity index (χ4n) is 4.82. The van der Waals surface area contributed by atoms with Crippen LogP contribution in [0.1, 0.15) is 37.8 Å². The normalized spacial score (nSPS) is 18.3. The Labute approximate surface area is 214 Å². The number of halogens is 1. The quantitative estimate of drug-likeness (QED) is 0.406. The van der Waals surface area contributed by atoms with E-state index < -0.39 is 0 Å². The van der Waals surface area contributed by atoms with Gasteiger partial charge in [-0.1, -0.05) is 31.5 Å². The number of aromatic nitrogens is 1. The molecule has 1 unspecified atom stereocenters. The Morgan fingerprint density at radius 1 is 1.26 bits per heavy atom. The van der Waals surface area contributed by atoms with Crippen molar-refractivity contribution in [3.63, 3.8) is 0 Å². The average molecular weight is 504 g/mol. The molecule has 1 aromatic carbocycles. The summed E-state index contributed by atoms with van der Waals surface area (Å²) in [4.78, 5) is 9.12. The maximum Gasteiger partial charge on any atom is 0.217 e. The molecule has 2 aliphatic rings. The molecule has 35 heavy (non-hydrogen) atoms. The maximum absolute atomic E-state index is 6.52. The molecular weight excluding hydrogens is 466 g/mol. The zero-order valence-electron chi connectivity index (χ0n) is 21.2. The van der Waals surface area contributed by atoms with E-state index in [1.807, 2.05) is 12.1 Å².